The van der Waals surface area contributed by atoms with Crippen molar-refractivity contribution < 1.29 is 0 Å². The van der Waals surface area contributed by atoms with Crippen molar-refractivity contribution in [3.8, 4) is 0 Å². The lowest BCUT2D eigenvalue weighted by atomic mass is 9.76. The molecule has 1 aliphatic heterocycles. The minimum Gasteiger partial charge on any atom is -0.312 e. The number of rotatable bonds is 5. The van der Waals surface area contributed by atoms with Crippen molar-refractivity contribution in [3.05, 3.63) is 0 Å². The molecule has 2 saturated carbocycles. The van der Waals surface area contributed by atoms with Gasteiger partial charge in [-0.2, -0.15) is 0 Å². The summed E-state index contributed by atoms with van der Waals surface area (Å²) in [5.41, 5.74) is 0. The van der Waals surface area contributed by atoms with Crippen LogP contribution in [0.3, 0.4) is 0 Å². The second kappa shape index (κ2) is 7.00. The lowest BCUT2D eigenvalue weighted by Gasteiger charge is -2.43. The predicted octanol–water partition coefficient (Wildman–Crippen LogP) is 3.91. The Morgan fingerprint density at radius 1 is 1.05 bits per heavy atom. The summed E-state index contributed by atoms with van der Waals surface area (Å²) in [5, 5.41) is 3.88. The van der Waals surface area contributed by atoms with Gasteiger partial charge in [-0.15, -0.1) is 0 Å². The molecule has 1 saturated heterocycles. The Balaban J connectivity index is 1.64. The van der Waals surface area contributed by atoms with Gasteiger partial charge >= 0.3 is 0 Å². The molecule has 5 atom stereocenters. The predicted molar refractivity (Wildman–Crippen MR) is 90.5 cm³/mol. The van der Waals surface area contributed by atoms with Crippen molar-refractivity contribution in [3.63, 3.8) is 0 Å². The Labute approximate surface area is 132 Å². The summed E-state index contributed by atoms with van der Waals surface area (Å²) in [7, 11) is 0. The molecule has 0 spiro atoms. The minimum absolute atomic E-state index is 0.763. The van der Waals surface area contributed by atoms with Gasteiger partial charge < -0.3 is 5.32 Å². The summed E-state index contributed by atoms with van der Waals surface area (Å²) in [6.07, 6.45) is 10.1. The average Bonchev–Trinajstić information content (AvgIpc) is 3.06. The van der Waals surface area contributed by atoms with Crippen LogP contribution in [0.2, 0.25) is 0 Å². The molecule has 2 heteroatoms. The third-order valence-electron chi connectivity index (χ3n) is 6.68. The first-order valence-corrected chi connectivity index (χ1v) is 9.66. The van der Waals surface area contributed by atoms with Crippen LogP contribution in [0.5, 0.6) is 0 Å². The second-order valence-corrected chi connectivity index (χ2v) is 8.35. The highest BCUT2D eigenvalue weighted by Gasteiger charge is 2.42. The van der Waals surface area contributed by atoms with Gasteiger partial charge in [0.05, 0.1) is 0 Å². The van der Waals surface area contributed by atoms with Crippen LogP contribution in [-0.4, -0.2) is 36.6 Å². The Morgan fingerprint density at radius 2 is 1.76 bits per heavy atom. The fourth-order valence-corrected chi connectivity index (χ4v) is 5.30. The molecule has 3 rings (SSSR count). The standard InChI is InChI=1S/C19H36N2/c1-4-10-20-18-9-8-15(14(2)3)11-19(18)21-12-16-6-5-7-17(16)13-21/h14-20H,4-13H2,1-3H3. The lowest BCUT2D eigenvalue weighted by molar-refractivity contribution is 0.0949. The first kappa shape index (κ1) is 15.8. The number of hydrogen-bond donors (Lipinski definition) is 1. The van der Waals surface area contributed by atoms with Gasteiger partial charge in [0.15, 0.2) is 0 Å². The molecule has 5 unspecified atom stereocenters. The molecule has 3 aliphatic rings. The molecule has 0 radical (unpaired) electrons. The van der Waals surface area contributed by atoms with Crippen molar-refractivity contribution in [1.82, 2.24) is 10.2 Å². The fraction of sp³-hybridized carbons (Fsp3) is 1.00. The van der Waals surface area contributed by atoms with E-state index in [-0.39, 0.29) is 0 Å². The normalized spacial score (nSPS) is 40.9. The smallest absolute Gasteiger partial charge is 0.0252 e. The monoisotopic (exact) mass is 292 g/mol. The van der Waals surface area contributed by atoms with Crippen molar-refractivity contribution in [2.45, 2.75) is 77.8 Å². The van der Waals surface area contributed by atoms with E-state index in [2.05, 4.69) is 31.0 Å². The van der Waals surface area contributed by atoms with Crippen LogP contribution in [0.4, 0.5) is 0 Å². The Morgan fingerprint density at radius 3 is 2.38 bits per heavy atom. The van der Waals surface area contributed by atoms with Crippen molar-refractivity contribution >= 4 is 0 Å². The Bertz CT molecular complexity index is 316. The maximum Gasteiger partial charge on any atom is 0.0252 e. The molecule has 2 nitrogen and oxygen atoms in total. The van der Waals surface area contributed by atoms with Crippen LogP contribution in [0, 0.1) is 23.7 Å². The lowest BCUT2D eigenvalue weighted by Crippen LogP contribution is -2.53. The first-order chi connectivity index (χ1) is 10.2. The molecular formula is C19H36N2. The van der Waals surface area contributed by atoms with E-state index < -0.39 is 0 Å². The molecular weight excluding hydrogens is 256 g/mol. The van der Waals surface area contributed by atoms with E-state index >= 15 is 0 Å². The number of nitrogens with zero attached hydrogens (tertiary/aromatic N) is 1. The highest BCUT2D eigenvalue weighted by atomic mass is 15.2. The molecule has 2 aliphatic carbocycles. The fourth-order valence-electron chi connectivity index (χ4n) is 5.30. The van der Waals surface area contributed by atoms with Gasteiger partial charge in [-0.05, 0) is 68.7 Å². The van der Waals surface area contributed by atoms with Crippen molar-refractivity contribution in [2.75, 3.05) is 19.6 Å². The number of hydrogen-bond acceptors (Lipinski definition) is 2. The Kier molecular flexibility index (Phi) is 5.27. The zero-order valence-corrected chi connectivity index (χ0v) is 14.5. The zero-order valence-electron chi connectivity index (χ0n) is 14.5. The largest absolute Gasteiger partial charge is 0.312 e. The zero-order chi connectivity index (χ0) is 14.8. The molecule has 0 aromatic carbocycles. The molecule has 3 fully saturated rings. The van der Waals surface area contributed by atoms with Crippen molar-refractivity contribution in [1.29, 1.82) is 0 Å². The van der Waals surface area contributed by atoms with Gasteiger partial charge in [-0.25, -0.2) is 0 Å². The van der Waals surface area contributed by atoms with Crippen LogP contribution in [0.1, 0.15) is 65.7 Å². The summed E-state index contributed by atoms with van der Waals surface area (Å²) in [5.74, 6) is 3.89. The second-order valence-electron chi connectivity index (χ2n) is 8.35. The van der Waals surface area contributed by atoms with E-state index in [1.807, 2.05) is 0 Å². The summed E-state index contributed by atoms with van der Waals surface area (Å²) in [6.45, 7) is 11.2. The molecule has 0 amide bonds. The molecule has 1 heterocycles. The number of fused-ring (bicyclic) bond motifs is 1. The molecule has 0 bridgehead atoms. The summed E-state index contributed by atoms with van der Waals surface area (Å²) in [6, 6.07) is 1.59. The van der Waals surface area contributed by atoms with Crippen molar-refractivity contribution in [2.24, 2.45) is 23.7 Å². The van der Waals surface area contributed by atoms with Crippen LogP contribution < -0.4 is 5.32 Å². The summed E-state index contributed by atoms with van der Waals surface area (Å²) >= 11 is 0. The summed E-state index contributed by atoms with van der Waals surface area (Å²) < 4.78 is 0. The third-order valence-corrected chi connectivity index (χ3v) is 6.68. The number of nitrogens with one attached hydrogen (secondary N) is 1. The Hall–Kier alpha value is -0.0800. The van der Waals surface area contributed by atoms with Gasteiger partial charge in [-0.3, -0.25) is 4.90 Å². The molecule has 21 heavy (non-hydrogen) atoms. The maximum absolute atomic E-state index is 3.88. The van der Waals surface area contributed by atoms with Gasteiger partial charge in [0.2, 0.25) is 0 Å². The van der Waals surface area contributed by atoms with E-state index in [0.29, 0.717) is 0 Å². The van der Waals surface area contributed by atoms with Crippen LogP contribution >= 0.6 is 0 Å². The van der Waals surface area contributed by atoms with Gasteiger partial charge in [-0.1, -0.05) is 27.2 Å². The maximum atomic E-state index is 3.88. The molecule has 0 aromatic rings. The SMILES string of the molecule is CCCNC1CCC(C(C)C)CC1N1CC2CCCC2C1. The summed E-state index contributed by atoms with van der Waals surface area (Å²) in [4.78, 5) is 2.90. The topological polar surface area (TPSA) is 15.3 Å². The quantitative estimate of drug-likeness (QED) is 0.826. The van der Waals surface area contributed by atoms with E-state index in [0.717, 1.165) is 35.8 Å². The molecule has 0 aromatic heterocycles. The third kappa shape index (κ3) is 3.47. The van der Waals surface area contributed by atoms with Crippen LogP contribution in [0.25, 0.3) is 0 Å². The van der Waals surface area contributed by atoms with Gasteiger partial charge in [0.1, 0.15) is 0 Å². The highest BCUT2D eigenvalue weighted by molar-refractivity contribution is 4.98. The van der Waals surface area contributed by atoms with Gasteiger partial charge in [0.25, 0.3) is 0 Å². The molecule has 122 valence electrons. The highest BCUT2D eigenvalue weighted by Crippen LogP contribution is 2.41. The van der Waals surface area contributed by atoms with E-state index in [4.69, 9.17) is 0 Å². The van der Waals surface area contributed by atoms with Crippen LogP contribution in [0.15, 0.2) is 0 Å². The van der Waals surface area contributed by atoms with E-state index in [9.17, 15) is 0 Å². The van der Waals surface area contributed by atoms with Crippen LogP contribution in [-0.2, 0) is 0 Å². The minimum atomic E-state index is 0.763. The van der Waals surface area contributed by atoms with E-state index in [1.165, 1.54) is 64.6 Å². The molecule has 1 N–H and O–H groups in total. The van der Waals surface area contributed by atoms with E-state index in [1.54, 1.807) is 0 Å². The first-order valence-electron chi connectivity index (χ1n) is 9.66. The average molecular weight is 293 g/mol. The van der Waals surface area contributed by atoms with Gasteiger partial charge in [0, 0.05) is 25.2 Å². The number of likely N-dealkylation sites (tertiary alicyclic amines) is 1.